The molecule has 0 saturated carbocycles. The molecular formula is C23H19ClF3NO3. The molecule has 0 aliphatic heterocycles. The highest BCUT2D eigenvalue weighted by Gasteiger charge is 2.33. The van der Waals surface area contributed by atoms with Gasteiger partial charge in [0, 0.05) is 16.1 Å². The average molecular weight is 450 g/mol. The van der Waals surface area contributed by atoms with E-state index in [2.05, 4.69) is 5.32 Å². The van der Waals surface area contributed by atoms with Gasteiger partial charge >= 0.3 is 6.18 Å². The lowest BCUT2D eigenvalue weighted by molar-refractivity contribution is -0.136. The third-order valence-electron chi connectivity index (χ3n) is 4.55. The Morgan fingerprint density at radius 1 is 1.06 bits per heavy atom. The Labute approximate surface area is 182 Å². The minimum Gasteiger partial charge on any atom is -0.496 e. The molecule has 0 bridgehead atoms. The second kappa shape index (κ2) is 9.31. The van der Waals surface area contributed by atoms with Crippen LogP contribution in [0.2, 0.25) is 5.02 Å². The molecule has 0 unspecified atom stereocenters. The third-order valence-corrected chi connectivity index (χ3v) is 4.97. The van der Waals surface area contributed by atoms with Gasteiger partial charge in [0.05, 0.1) is 18.4 Å². The molecule has 3 aromatic carbocycles. The highest BCUT2D eigenvalue weighted by Crippen LogP contribution is 2.35. The normalized spacial score (nSPS) is 11.2. The molecule has 3 aromatic rings. The highest BCUT2D eigenvalue weighted by molar-refractivity contribution is 6.31. The van der Waals surface area contributed by atoms with Gasteiger partial charge in [0.15, 0.2) is 0 Å². The smallest absolute Gasteiger partial charge is 0.418 e. The summed E-state index contributed by atoms with van der Waals surface area (Å²) in [6.07, 6.45) is -4.58. The van der Waals surface area contributed by atoms with Crippen molar-refractivity contribution in [2.75, 3.05) is 12.4 Å². The number of hydrogen-bond donors (Lipinski definition) is 1. The van der Waals surface area contributed by atoms with Crippen molar-refractivity contribution in [1.29, 1.82) is 0 Å². The molecule has 0 aliphatic carbocycles. The molecule has 0 aromatic heterocycles. The van der Waals surface area contributed by atoms with Gasteiger partial charge in [0.25, 0.3) is 5.91 Å². The van der Waals surface area contributed by atoms with E-state index in [-0.39, 0.29) is 17.9 Å². The molecule has 8 heteroatoms. The van der Waals surface area contributed by atoms with Crippen molar-refractivity contribution >= 4 is 23.2 Å². The van der Waals surface area contributed by atoms with Crippen molar-refractivity contribution in [3.8, 4) is 11.5 Å². The predicted molar refractivity (Wildman–Crippen MR) is 113 cm³/mol. The van der Waals surface area contributed by atoms with Crippen molar-refractivity contribution < 1.29 is 27.4 Å². The van der Waals surface area contributed by atoms with E-state index in [0.717, 1.165) is 11.6 Å². The zero-order chi connectivity index (χ0) is 22.6. The summed E-state index contributed by atoms with van der Waals surface area (Å²) in [6.45, 7) is 1.93. The Kier molecular flexibility index (Phi) is 6.75. The number of benzene rings is 3. The minimum atomic E-state index is -4.58. The summed E-state index contributed by atoms with van der Waals surface area (Å²) in [4.78, 5) is 12.6. The second-order valence-corrected chi connectivity index (χ2v) is 7.13. The maximum absolute atomic E-state index is 13.2. The van der Waals surface area contributed by atoms with Gasteiger partial charge in [-0.05, 0) is 61.0 Å². The predicted octanol–water partition coefficient (Wildman–Crippen LogP) is 6.51. The molecule has 31 heavy (non-hydrogen) atoms. The molecule has 1 amide bonds. The van der Waals surface area contributed by atoms with Crippen molar-refractivity contribution in [2.45, 2.75) is 19.7 Å². The molecule has 1 N–H and O–H groups in total. The van der Waals surface area contributed by atoms with E-state index in [1.807, 2.05) is 6.92 Å². The van der Waals surface area contributed by atoms with Crippen LogP contribution >= 0.6 is 11.6 Å². The number of carbonyl (C=O) groups is 1. The van der Waals surface area contributed by atoms with E-state index in [9.17, 15) is 18.0 Å². The van der Waals surface area contributed by atoms with Crippen LogP contribution in [-0.4, -0.2) is 13.0 Å². The molecule has 0 heterocycles. The Morgan fingerprint density at radius 2 is 1.81 bits per heavy atom. The summed E-state index contributed by atoms with van der Waals surface area (Å²) < 4.78 is 50.6. The van der Waals surface area contributed by atoms with Gasteiger partial charge < -0.3 is 14.8 Å². The largest absolute Gasteiger partial charge is 0.496 e. The minimum absolute atomic E-state index is 0.0878. The van der Waals surface area contributed by atoms with E-state index < -0.39 is 17.6 Å². The van der Waals surface area contributed by atoms with Crippen LogP contribution in [0.4, 0.5) is 18.9 Å². The standard InChI is InChI=1S/C23H19ClF3NO3/c1-14-11-17(8-9-19(14)24)31-13-16-12-15(7-10-21(16)30-2)22(29)28-20-6-4-3-5-18(20)23(25,26)27/h3-12H,13H2,1-2H3,(H,28,29). The number of para-hydroxylation sites is 1. The summed E-state index contributed by atoms with van der Waals surface area (Å²) in [5.74, 6) is 0.388. The molecule has 0 atom stereocenters. The fourth-order valence-electron chi connectivity index (χ4n) is 2.93. The maximum atomic E-state index is 13.2. The van der Waals surface area contributed by atoms with E-state index in [0.29, 0.717) is 22.1 Å². The van der Waals surface area contributed by atoms with Gasteiger partial charge in [-0.1, -0.05) is 23.7 Å². The Balaban J connectivity index is 1.81. The first-order chi connectivity index (χ1) is 14.7. The number of hydrogen-bond acceptors (Lipinski definition) is 3. The zero-order valence-electron chi connectivity index (χ0n) is 16.7. The lowest BCUT2D eigenvalue weighted by Gasteiger charge is -2.15. The average Bonchev–Trinajstić information content (AvgIpc) is 2.74. The van der Waals surface area contributed by atoms with Crippen LogP contribution in [0.25, 0.3) is 0 Å². The SMILES string of the molecule is COc1ccc(C(=O)Nc2ccccc2C(F)(F)F)cc1COc1ccc(Cl)c(C)c1. The summed E-state index contributed by atoms with van der Waals surface area (Å²) in [7, 11) is 1.48. The number of amides is 1. The van der Waals surface area contributed by atoms with Crippen molar-refractivity contribution in [3.05, 3.63) is 87.9 Å². The number of rotatable bonds is 6. The first-order valence-corrected chi connectivity index (χ1v) is 9.60. The first kappa shape index (κ1) is 22.5. The molecule has 162 valence electrons. The molecular weight excluding hydrogens is 431 g/mol. The van der Waals surface area contributed by atoms with E-state index >= 15 is 0 Å². The molecule has 0 fully saturated rings. The molecule has 4 nitrogen and oxygen atoms in total. The van der Waals surface area contributed by atoms with Gasteiger partial charge in [-0.15, -0.1) is 0 Å². The first-order valence-electron chi connectivity index (χ1n) is 9.22. The van der Waals surface area contributed by atoms with E-state index in [4.69, 9.17) is 21.1 Å². The van der Waals surface area contributed by atoms with Crippen LogP contribution in [0.5, 0.6) is 11.5 Å². The van der Waals surface area contributed by atoms with Crippen LogP contribution in [0.3, 0.4) is 0 Å². The molecule has 3 rings (SSSR count). The molecule has 0 aliphatic rings. The van der Waals surface area contributed by atoms with E-state index in [1.165, 1.54) is 37.4 Å². The fourth-order valence-corrected chi connectivity index (χ4v) is 3.05. The zero-order valence-corrected chi connectivity index (χ0v) is 17.5. The Morgan fingerprint density at radius 3 is 2.48 bits per heavy atom. The van der Waals surface area contributed by atoms with Crippen molar-refractivity contribution in [2.24, 2.45) is 0 Å². The number of aryl methyl sites for hydroxylation is 1. The number of halogens is 4. The fraction of sp³-hybridized carbons (Fsp3) is 0.174. The maximum Gasteiger partial charge on any atom is 0.418 e. The topological polar surface area (TPSA) is 47.6 Å². The van der Waals surface area contributed by atoms with Gasteiger partial charge in [-0.2, -0.15) is 13.2 Å². The molecule has 0 spiro atoms. The van der Waals surface area contributed by atoms with Crippen LogP contribution in [-0.2, 0) is 12.8 Å². The summed E-state index contributed by atoms with van der Waals surface area (Å²) in [5.41, 5.74) is 0.349. The van der Waals surface area contributed by atoms with Gasteiger partial charge in [-0.3, -0.25) is 4.79 Å². The highest BCUT2D eigenvalue weighted by atomic mass is 35.5. The summed E-state index contributed by atoms with van der Waals surface area (Å²) >= 11 is 6.02. The van der Waals surface area contributed by atoms with Gasteiger partial charge in [0.1, 0.15) is 18.1 Å². The Hall–Kier alpha value is -3.19. The van der Waals surface area contributed by atoms with Crippen LogP contribution < -0.4 is 14.8 Å². The van der Waals surface area contributed by atoms with Crippen molar-refractivity contribution in [1.82, 2.24) is 0 Å². The molecule has 0 saturated heterocycles. The lowest BCUT2D eigenvalue weighted by atomic mass is 10.1. The van der Waals surface area contributed by atoms with Crippen LogP contribution in [0.15, 0.2) is 60.7 Å². The number of methoxy groups -OCH3 is 1. The number of anilines is 1. The number of carbonyl (C=O) groups excluding carboxylic acids is 1. The van der Waals surface area contributed by atoms with Gasteiger partial charge in [-0.25, -0.2) is 0 Å². The summed E-state index contributed by atoms with van der Waals surface area (Å²) in [6, 6.07) is 14.6. The number of nitrogens with one attached hydrogen (secondary N) is 1. The molecule has 0 radical (unpaired) electrons. The van der Waals surface area contributed by atoms with Crippen LogP contribution in [0, 0.1) is 6.92 Å². The second-order valence-electron chi connectivity index (χ2n) is 6.72. The number of alkyl halides is 3. The summed E-state index contributed by atoms with van der Waals surface area (Å²) in [5, 5.41) is 2.94. The lowest BCUT2D eigenvalue weighted by Crippen LogP contribution is -2.17. The van der Waals surface area contributed by atoms with Crippen LogP contribution in [0.1, 0.15) is 27.0 Å². The quantitative estimate of drug-likeness (QED) is 0.467. The van der Waals surface area contributed by atoms with Gasteiger partial charge in [0.2, 0.25) is 0 Å². The van der Waals surface area contributed by atoms with E-state index in [1.54, 1.807) is 24.3 Å². The third kappa shape index (κ3) is 5.49. The Bertz CT molecular complexity index is 1100. The number of ether oxygens (including phenoxy) is 2. The van der Waals surface area contributed by atoms with Crippen molar-refractivity contribution in [3.63, 3.8) is 0 Å². The monoisotopic (exact) mass is 449 g/mol.